The number of carbonyl (C=O) groups excluding carboxylic acids is 1. The number of carbonyl (C=O) groups is 1. The fraction of sp³-hybridized carbons (Fsp3) is 0.421. The lowest BCUT2D eigenvalue weighted by atomic mass is 9.77. The fourth-order valence-corrected chi connectivity index (χ4v) is 3.46. The molecule has 126 valence electrons. The van der Waals surface area contributed by atoms with Crippen LogP contribution in [0.5, 0.6) is 0 Å². The van der Waals surface area contributed by atoms with Crippen LogP contribution in [0.4, 0.5) is 0 Å². The zero-order chi connectivity index (χ0) is 16.8. The van der Waals surface area contributed by atoms with Crippen LogP contribution in [0.15, 0.2) is 48.8 Å². The first-order chi connectivity index (χ1) is 11.8. The smallest absolute Gasteiger partial charge is 0.270 e. The zero-order valence-corrected chi connectivity index (χ0v) is 13.8. The van der Waals surface area contributed by atoms with E-state index in [1.165, 1.54) is 0 Å². The Kier molecular flexibility index (Phi) is 5.54. The van der Waals surface area contributed by atoms with Crippen molar-refractivity contribution in [2.45, 2.75) is 31.7 Å². The van der Waals surface area contributed by atoms with Crippen LogP contribution >= 0.6 is 0 Å². The van der Waals surface area contributed by atoms with Crippen molar-refractivity contribution in [1.82, 2.24) is 15.3 Å². The summed E-state index contributed by atoms with van der Waals surface area (Å²) in [7, 11) is 0. The maximum Gasteiger partial charge on any atom is 0.270 e. The lowest BCUT2D eigenvalue weighted by molar-refractivity contribution is 0.0900. The van der Waals surface area contributed by atoms with Crippen LogP contribution in [0.1, 0.15) is 47.9 Å². The number of hydrogen-bond acceptors (Lipinski definition) is 4. The van der Waals surface area contributed by atoms with Gasteiger partial charge in [-0.25, -0.2) is 0 Å². The number of nitrogens with one attached hydrogen (secondary N) is 1. The van der Waals surface area contributed by atoms with E-state index in [0.717, 1.165) is 37.9 Å². The number of nitrogens with zero attached hydrogens (tertiary/aromatic N) is 2. The van der Waals surface area contributed by atoms with Crippen molar-refractivity contribution in [3.8, 4) is 0 Å². The minimum atomic E-state index is -0.146. The van der Waals surface area contributed by atoms with Gasteiger partial charge in [0.05, 0.1) is 11.7 Å². The van der Waals surface area contributed by atoms with Gasteiger partial charge in [0.15, 0.2) is 0 Å². The molecule has 5 heteroatoms. The molecule has 0 spiro atoms. The maximum absolute atomic E-state index is 12.6. The largest absolute Gasteiger partial charge is 0.342 e. The molecule has 3 N–H and O–H groups in total. The van der Waals surface area contributed by atoms with Crippen LogP contribution in [-0.4, -0.2) is 22.4 Å². The summed E-state index contributed by atoms with van der Waals surface area (Å²) < 4.78 is 0. The Balaban J connectivity index is 1.77. The number of hydrogen-bond donors (Lipinski definition) is 2. The van der Waals surface area contributed by atoms with Gasteiger partial charge in [0, 0.05) is 12.4 Å². The molecule has 0 bridgehead atoms. The lowest BCUT2D eigenvalue weighted by Crippen LogP contribution is -2.36. The summed E-state index contributed by atoms with van der Waals surface area (Å²) in [6, 6.07) is 11.1. The number of nitrogens with two attached hydrogens (primary N) is 1. The van der Waals surface area contributed by atoms with Gasteiger partial charge < -0.3 is 11.1 Å². The number of aromatic nitrogens is 2. The molecule has 1 saturated carbocycles. The van der Waals surface area contributed by atoms with Crippen LogP contribution in [0.3, 0.4) is 0 Å². The van der Waals surface area contributed by atoms with Crippen molar-refractivity contribution in [3.63, 3.8) is 0 Å². The second-order valence-electron chi connectivity index (χ2n) is 6.44. The van der Waals surface area contributed by atoms with E-state index in [9.17, 15) is 4.79 Å². The highest BCUT2D eigenvalue weighted by molar-refractivity contribution is 5.92. The Labute approximate surface area is 142 Å². The molecular weight excluding hydrogens is 300 g/mol. The molecule has 24 heavy (non-hydrogen) atoms. The number of pyridine rings is 2. The first-order valence-electron chi connectivity index (χ1n) is 8.61. The van der Waals surface area contributed by atoms with Gasteiger partial charge in [-0.15, -0.1) is 0 Å². The summed E-state index contributed by atoms with van der Waals surface area (Å²) in [5.74, 6) is 0.847. The van der Waals surface area contributed by atoms with Gasteiger partial charge in [-0.3, -0.25) is 14.8 Å². The summed E-state index contributed by atoms with van der Waals surface area (Å²) in [5.41, 5.74) is 7.16. The predicted octanol–water partition coefficient (Wildman–Crippen LogP) is 2.71. The molecule has 0 aliphatic heterocycles. The summed E-state index contributed by atoms with van der Waals surface area (Å²) in [5, 5.41) is 3.16. The first kappa shape index (κ1) is 16.6. The summed E-state index contributed by atoms with van der Waals surface area (Å²) in [6.45, 7) is 0.751. The summed E-state index contributed by atoms with van der Waals surface area (Å²) in [4.78, 5) is 21.2. The average molecular weight is 324 g/mol. The van der Waals surface area contributed by atoms with Gasteiger partial charge >= 0.3 is 0 Å². The Morgan fingerprint density at radius 3 is 2.38 bits per heavy atom. The zero-order valence-electron chi connectivity index (χ0n) is 13.8. The number of amides is 1. The Bertz CT molecular complexity index is 639. The van der Waals surface area contributed by atoms with Crippen molar-refractivity contribution in [2.75, 3.05) is 6.54 Å². The van der Waals surface area contributed by atoms with E-state index in [4.69, 9.17) is 5.73 Å². The molecule has 2 heterocycles. The molecule has 0 unspecified atom stereocenters. The molecular formula is C19H24N4O. The van der Waals surface area contributed by atoms with Crippen molar-refractivity contribution >= 4 is 5.91 Å². The third-order valence-corrected chi connectivity index (χ3v) is 4.89. The second kappa shape index (κ2) is 8.02. The molecule has 3 rings (SSSR count). The van der Waals surface area contributed by atoms with Gasteiger partial charge in [-0.05, 0) is 68.3 Å². The minimum Gasteiger partial charge on any atom is -0.342 e. The van der Waals surface area contributed by atoms with Crippen molar-refractivity contribution in [1.29, 1.82) is 0 Å². The predicted molar refractivity (Wildman–Crippen MR) is 93.2 cm³/mol. The third-order valence-electron chi connectivity index (χ3n) is 4.89. The third kappa shape index (κ3) is 3.97. The van der Waals surface area contributed by atoms with Gasteiger partial charge in [0.25, 0.3) is 5.91 Å². The van der Waals surface area contributed by atoms with E-state index in [2.05, 4.69) is 15.3 Å². The van der Waals surface area contributed by atoms with E-state index < -0.39 is 0 Å². The van der Waals surface area contributed by atoms with Crippen LogP contribution in [0.2, 0.25) is 0 Å². The van der Waals surface area contributed by atoms with E-state index >= 15 is 0 Å². The molecule has 0 aromatic carbocycles. The van der Waals surface area contributed by atoms with Gasteiger partial charge in [-0.1, -0.05) is 12.1 Å². The van der Waals surface area contributed by atoms with Crippen LogP contribution in [0.25, 0.3) is 0 Å². The van der Waals surface area contributed by atoms with Gasteiger partial charge in [0.1, 0.15) is 5.69 Å². The van der Waals surface area contributed by atoms with Gasteiger partial charge in [0.2, 0.25) is 0 Å². The Hall–Kier alpha value is -2.27. The monoisotopic (exact) mass is 324 g/mol. The minimum absolute atomic E-state index is 0.0839. The highest BCUT2D eigenvalue weighted by atomic mass is 16.1. The molecule has 1 aliphatic carbocycles. The van der Waals surface area contributed by atoms with E-state index in [-0.39, 0.29) is 11.9 Å². The molecule has 1 fully saturated rings. The highest BCUT2D eigenvalue weighted by Gasteiger charge is 2.30. The van der Waals surface area contributed by atoms with Crippen molar-refractivity contribution in [2.24, 2.45) is 17.6 Å². The summed E-state index contributed by atoms with van der Waals surface area (Å²) >= 11 is 0. The molecule has 2 aromatic rings. The SMILES string of the molecule is NCC1CCC([C@H](NC(=O)c2ccccn2)c2ccccn2)CC1. The molecule has 2 aromatic heterocycles. The first-order valence-corrected chi connectivity index (χ1v) is 8.61. The number of rotatable bonds is 5. The van der Waals surface area contributed by atoms with Crippen LogP contribution in [-0.2, 0) is 0 Å². The molecule has 1 atom stereocenters. The van der Waals surface area contributed by atoms with Crippen molar-refractivity contribution < 1.29 is 4.79 Å². The fourth-order valence-electron chi connectivity index (χ4n) is 3.46. The molecule has 5 nitrogen and oxygen atoms in total. The van der Waals surface area contributed by atoms with Crippen LogP contribution < -0.4 is 11.1 Å². The topological polar surface area (TPSA) is 80.9 Å². The van der Waals surface area contributed by atoms with Crippen molar-refractivity contribution in [3.05, 3.63) is 60.2 Å². The lowest BCUT2D eigenvalue weighted by Gasteiger charge is -2.33. The molecule has 0 radical (unpaired) electrons. The highest BCUT2D eigenvalue weighted by Crippen LogP contribution is 2.36. The van der Waals surface area contributed by atoms with E-state index in [1.54, 1.807) is 24.5 Å². The normalized spacial score (nSPS) is 21.9. The van der Waals surface area contributed by atoms with Crippen LogP contribution in [0, 0.1) is 11.8 Å². The molecule has 1 amide bonds. The standard InChI is InChI=1S/C19H24N4O/c20-13-14-7-9-15(10-8-14)18(16-5-1-3-11-21-16)23-19(24)17-6-2-4-12-22-17/h1-6,11-12,14-15,18H,7-10,13,20H2,(H,23,24)/t14?,15?,18-/m0/s1. The quantitative estimate of drug-likeness (QED) is 0.886. The molecule has 1 aliphatic rings. The second-order valence-corrected chi connectivity index (χ2v) is 6.44. The Morgan fingerprint density at radius 1 is 1.08 bits per heavy atom. The molecule has 0 saturated heterocycles. The average Bonchev–Trinajstić information content (AvgIpc) is 2.67. The Morgan fingerprint density at radius 2 is 1.79 bits per heavy atom. The van der Waals surface area contributed by atoms with E-state index in [1.807, 2.05) is 24.3 Å². The van der Waals surface area contributed by atoms with Gasteiger partial charge in [-0.2, -0.15) is 0 Å². The summed E-state index contributed by atoms with van der Waals surface area (Å²) in [6.07, 6.45) is 7.77. The van der Waals surface area contributed by atoms with E-state index in [0.29, 0.717) is 17.5 Å². The maximum atomic E-state index is 12.6.